The van der Waals surface area contributed by atoms with E-state index in [1.807, 2.05) is 18.2 Å². The average molecular weight is 267 g/mol. The summed E-state index contributed by atoms with van der Waals surface area (Å²) in [5.74, 6) is 1.20. The zero-order valence-corrected chi connectivity index (χ0v) is 10.6. The molecule has 0 aliphatic heterocycles. The van der Waals surface area contributed by atoms with Crippen molar-refractivity contribution in [3.8, 4) is 11.3 Å². The Morgan fingerprint density at radius 2 is 1.94 bits per heavy atom. The molecule has 0 spiro atoms. The molecule has 0 saturated heterocycles. The first kappa shape index (κ1) is 13.1. The monoisotopic (exact) mass is 266 g/mol. The van der Waals surface area contributed by atoms with Crippen LogP contribution in [0.25, 0.3) is 11.3 Å². The summed E-state index contributed by atoms with van der Waals surface area (Å²) in [6.45, 7) is 0.721. The van der Waals surface area contributed by atoms with Crippen LogP contribution in [0, 0.1) is 5.82 Å². The largest absolute Gasteiger partial charge is 1.00 e. The standard InChI is InChI=1S/C14H14FNO.ClH/c15-13-4-2-1-3-12(13)14-8-7-11(17-14)9-16-10-5-6-10;/h1-4,7-8,10,16H,5-6,9H2;1H/p-1. The number of hydrogen-bond donors (Lipinski definition) is 1. The van der Waals surface area contributed by atoms with E-state index in [-0.39, 0.29) is 18.2 Å². The molecule has 2 aromatic rings. The lowest BCUT2D eigenvalue weighted by molar-refractivity contribution is -0.00000462. The molecule has 18 heavy (non-hydrogen) atoms. The molecule has 0 amide bonds. The first-order valence-electron chi connectivity index (χ1n) is 5.90. The van der Waals surface area contributed by atoms with Gasteiger partial charge in [0.2, 0.25) is 0 Å². The first-order chi connectivity index (χ1) is 8.33. The second kappa shape index (κ2) is 5.55. The zero-order chi connectivity index (χ0) is 11.7. The quantitative estimate of drug-likeness (QED) is 0.864. The molecule has 4 heteroatoms. The second-order valence-corrected chi connectivity index (χ2v) is 4.40. The van der Waals surface area contributed by atoms with Crippen molar-refractivity contribution in [2.45, 2.75) is 25.4 Å². The van der Waals surface area contributed by atoms with Gasteiger partial charge in [-0.05, 0) is 37.1 Å². The Hall–Kier alpha value is -1.32. The highest BCUT2D eigenvalue weighted by molar-refractivity contribution is 5.58. The Kier molecular flexibility index (Phi) is 4.04. The maximum Gasteiger partial charge on any atom is 0.137 e. The number of nitrogens with one attached hydrogen (secondary N) is 1. The van der Waals surface area contributed by atoms with Crippen molar-refractivity contribution >= 4 is 0 Å². The van der Waals surface area contributed by atoms with Gasteiger partial charge in [-0.25, -0.2) is 4.39 Å². The highest BCUT2D eigenvalue weighted by atomic mass is 35.5. The van der Waals surface area contributed by atoms with Crippen LogP contribution in [-0.2, 0) is 6.54 Å². The van der Waals surface area contributed by atoms with E-state index in [0.29, 0.717) is 17.4 Å². The van der Waals surface area contributed by atoms with Gasteiger partial charge in [-0.1, -0.05) is 12.1 Å². The molecule has 1 aliphatic carbocycles. The molecule has 0 unspecified atom stereocenters. The lowest BCUT2D eigenvalue weighted by Crippen LogP contribution is -3.00. The SMILES string of the molecule is Fc1ccccc1-c1ccc(CNC2CC2)o1.[Cl-]. The van der Waals surface area contributed by atoms with Crippen LogP contribution in [0.2, 0.25) is 0 Å². The van der Waals surface area contributed by atoms with E-state index < -0.39 is 0 Å². The van der Waals surface area contributed by atoms with Crippen LogP contribution in [0.4, 0.5) is 4.39 Å². The predicted octanol–water partition coefficient (Wildman–Crippen LogP) is 0.342. The van der Waals surface area contributed by atoms with Gasteiger partial charge in [-0.15, -0.1) is 0 Å². The van der Waals surface area contributed by atoms with Crippen LogP contribution in [0.15, 0.2) is 40.8 Å². The Bertz CT molecular complexity index is 522. The molecule has 0 radical (unpaired) electrons. The van der Waals surface area contributed by atoms with Crippen LogP contribution >= 0.6 is 0 Å². The van der Waals surface area contributed by atoms with Gasteiger partial charge in [0.05, 0.1) is 12.1 Å². The Balaban J connectivity index is 0.00000120. The first-order valence-corrected chi connectivity index (χ1v) is 5.90. The lowest BCUT2D eigenvalue weighted by atomic mass is 10.1. The maximum atomic E-state index is 13.5. The molecule has 1 fully saturated rings. The molecule has 1 aromatic carbocycles. The van der Waals surface area contributed by atoms with E-state index >= 15 is 0 Å². The van der Waals surface area contributed by atoms with Crippen LogP contribution in [0.3, 0.4) is 0 Å². The molecular weight excluding hydrogens is 253 g/mol. The number of rotatable bonds is 4. The molecule has 2 nitrogen and oxygen atoms in total. The van der Waals surface area contributed by atoms with E-state index in [1.165, 1.54) is 18.9 Å². The smallest absolute Gasteiger partial charge is 0.137 e. The van der Waals surface area contributed by atoms with Crippen molar-refractivity contribution in [1.82, 2.24) is 5.32 Å². The van der Waals surface area contributed by atoms with Gasteiger partial charge in [0.1, 0.15) is 17.3 Å². The maximum absolute atomic E-state index is 13.5. The topological polar surface area (TPSA) is 25.2 Å². The molecular formula is C14H14ClFNO-. The van der Waals surface area contributed by atoms with Gasteiger partial charge in [0.25, 0.3) is 0 Å². The van der Waals surface area contributed by atoms with Crippen LogP contribution in [0.1, 0.15) is 18.6 Å². The summed E-state index contributed by atoms with van der Waals surface area (Å²) in [6, 6.07) is 11.0. The number of furan rings is 1. The van der Waals surface area contributed by atoms with Crippen molar-refractivity contribution in [1.29, 1.82) is 0 Å². The molecule has 96 valence electrons. The highest BCUT2D eigenvalue weighted by Crippen LogP contribution is 2.25. The molecule has 1 aliphatic rings. The summed E-state index contributed by atoms with van der Waals surface area (Å²) in [5.41, 5.74) is 0.519. The van der Waals surface area contributed by atoms with Crippen molar-refractivity contribution < 1.29 is 21.2 Å². The molecule has 1 aromatic heterocycles. The minimum Gasteiger partial charge on any atom is -1.00 e. The van der Waals surface area contributed by atoms with Crippen molar-refractivity contribution in [2.24, 2.45) is 0 Å². The Morgan fingerprint density at radius 3 is 2.67 bits per heavy atom. The molecule has 1 saturated carbocycles. The second-order valence-electron chi connectivity index (χ2n) is 4.40. The third-order valence-electron chi connectivity index (χ3n) is 2.94. The van der Waals surface area contributed by atoms with E-state index in [0.717, 1.165) is 12.3 Å². The molecule has 1 heterocycles. The summed E-state index contributed by atoms with van der Waals surface area (Å²) >= 11 is 0. The predicted molar refractivity (Wildman–Crippen MR) is 64.0 cm³/mol. The summed E-state index contributed by atoms with van der Waals surface area (Å²) < 4.78 is 19.2. The summed E-state index contributed by atoms with van der Waals surface area (Å²) in [5, 5.41) is 3.36. The van der Waals surface area contributed by atoms with Gasteiger partial charge in [0.15, 0.2) is 0 Å². The van der Waals surface area contributed by atoms with Gasteiger partial charge in [-0.2, -0.15) is 0 Å². The van der Waals surface area contributed by atoms with Gasteiger partial charge in [-0.3, -0.25) is 0 Å². The summed E-state index contributed by atoms with van der Waals surface area (Å²) in [6.07, 6.45) is 2.50. The highest BCUT2D eigenvalue weighted by Gasteiger charge is 2.20. The third-order valence-corrected chi connectivity index (χ3v) is 2.94. The molecule has 3 rings (SSSR count). The lowest BCUT2D eigenvalue weighted by Gasteiger charge is -2.00. The average Bonchev–Trinajstić information content (AvgIpc) is 3.06. The minimum atomic E-state index is -0.247. The number of halogens is 2. The summed E-state index contributed by atoms with van der Waals surface area (Å²) in [7, 11) is 0. The number of benzene rings is 1. The Labute approximate surface area is 112 Å². The zero-order valence-electron chi connectivity index (χ0n) is 9.83. The normalized spacial score (nSPS) is 14.3. The third kappa shape index (κ3) is 2.92. The van der Waals surface area contributed by atoms with Gasteiger partial charge in [0, 0.05) is 6.04 Å². The van der Waals surface area contributed by atoms with Gasteiger partial charge < -0.3 is 22.1 Å². The molecule has 1 N–H and O–H groups in total. The fraction of sp³-hybridized carbons (Fsp3) is 0.286. The van der Waals surface area contributed by atoms with Crippen molar-refractivity contribution in [3.63, 3.8) is 0 Å². The van der Waals surface area contributed by atoms with Crippen molar-refractivity contribution in [2.75, 3.05) is 0 Å². The van der Waals surface area contributed by atoms with Crippen molar-refractivity contribution in [3.05, 3.63) is 48.0 Å². The fourth-order valence-corrected chi connectivity index (χ4v) is 1.81. The van der Waals surface area contributed by atoms with Crippen LogP contribution < -0.4 is 17.7 Å². The van der Waals surface area contributed by atoms with Crippen LogP contribution in [-0.4, -0.2) is 6.04 Å². The molecule has 0 bridgehead atoms. The molecule has 0 atom stereocenters. The Morgan fingerprint density at radius 1 is 1.17 bits per heavy atom. The van der Waals surface area contributed by atoms with Gasteiger partial charge >= 0.3 is 0 Å². The van der Waals surface area contributed by atoms with Crippen LogP contribution in [0.5, 0.6) is 0 Å². The minimum absolute atomic E-state index is 0. The van der Waals surface area contributed by atoms with E-state index in [4.69, 9.17) is 4.42 Å². The summed E-state index contributed by atoms with van der Waals surface area (Å²) in [4.78, 5) is 0. The van der Waals surface area contributed by atoms with E-state index in [9.17, 15) is 4.39 Å². The number of hydrogen-bond acceptors (Lipinski definition) is 2. The fourth-order valence-electron chi connectivity index (χ4n) is 1.81. The van der Waals surface area contributed by atoms with E-state index in [2.05, 4.69) is 5.32 Å². The van der Waals surface area contributed by atoms with E-state index in [1.54, 1.807) is 12.1 Å².